The Bertz CT molecular complexity index is 391. The molecule has 1 saturated heterocycles. The quantitative estimate of drug-likeness (QED) is 0.698. The lowest BCUT2D eigenvalue weighted by molar-refractivity contribution is -0.126. The third-order valence-electron chi connectivity index (χ3n) is 4.27. The Morgan fingerprint density at radius 2 is 2.20 bits per heavy atom. The first-order chi connectivity index (χ1) is 9.70. The number of hydrogen-bond donors (Lipinski definition) is 2. The molecule has 4 heteroatoms. The van der Waals surface area contributed by atoms with E-state index in [1.165, 1.54) is 6.42 Å². The third-order valence-corrected chi connectivity index (χ3v) is 4.27. The molecule has 1 aliphatic carbocycles. The summed E-state index contributed by atoms with van der Waals surface area (Å²) in [6.07, 6.45) is 9.39. The molecular formula is C16H26N2O2. The highest BCUT2D eigenvalue weighted by molar-refractivity contribution is 5.78. The average Bonchev–Trinajstić information content (AvgIpc) is 3.01. The van der Waals surface area contributed by atoms with Gasteiger partial charge in [0.1, 0.15) is 6.61 Å². The average molecular weight is 278 g/mol. The van der Waals surface area contributed by atoms with Gasteiger partial charge in [-0.3, -0.25) is 4.79 Å². The first-order valence-electron chi connectivity index (χ1n) is 7.57. The Kier molecular flexibility index (Phi) is 5.38. The van der Waals surface area contributed by atoms with E-state index in [2.05, 4.69) is 10.6 Å². The maximum atomic E-state index is 12.0. The van der Waals surface area contributed by atoms with Crippen molar-refractivity contribution in [1.82, 2.24) is 10.6 Å². The maximum Gasteiger partial charge on any atom is 0.246 e. The van der Waals surface area contributed by atoms with E-state index in [-0.39, 0.29) is 18.1 Å². The first-order valence-corrected chi connectivity index (χ1v) is 7.57. The van der Waals surface area contributed by atoms with Crippen LogP contribution in [-0.4, -0.2) is 37.7 Å². The minimum absolute atomic E-state index is 0.0188. The molecule has 2 rings (SSSR count). The van der Waals surface area contributed by atoms with Gasteiger partial charge in [-0.1, -0.05) is 18.2 Å². The van der Waals surface area contributed by atoms with E-state index in [0.29, 0.717) is 12.5 Å². The predicted octanol–water partition coefficient (Wildman–Crippen LogP) is 1.78. The summed E-state index contributed by atoms with van der Waals surface area (Å²) in [5.41, 5.74) is 1.16. The molecule has 1 atom stereocenters. The highest BCUT2D eigenvalue weighted by Crippen LogP contribution is 2.44. The summed E-state index contributed by atoms with van der Waals surface area (Å²) in [4.78, 5) is 12.0. The van der Waals surface area contributed by atoms with Gasteiger partial charge in [-0.15, -0.1) is 0 Å². The molecule has 0 spiro atoms. The van der Waals surface area contributed by atoms with Crippen molar-refractivity contribution in [2.24, 2.45) is 5.92 Å². The third kappa shape index (κ3) is 3.93. The number of ether oxygens (including phenoxy) is 1. The normalized spacial score (nSPS) is 25.1. The zero-order chi connectivity index (χ0) is 14.4. The van der Waals surface area contributed by atoms with Gasteiger partial charge in [0.25, 0.3) is 0 Å². The van der Waals surface area contributed by atoms with Crippen molar-refractivity contribution < 1.29 is 9.53 Å². The van der Waals surface area contributed by atoms with Crippen LogP contribution in [0.2, 0.25) is 0 Å². The van der Waals surface area contributed by atoms with Crippen LogP contribution >= 0.6 is 0 Å². The van der Waals surface area contributed by atoms with Gasteiger partial charge in [-0.05, 0) is 51.1 Å². The molecule has 2 fully saturated rings. The highest BCUT2D eigenvalue weighted by Gasteiger charge is 2.50. The van der Waals surface area contributed by atoms with Gasteiger partial charge in [0.2, 0.25) is 5.91 Å². The molecule has 0 bridgehead atoms. The molecule has 4 nitrogen and oxygen atoms in total. The van der Waals surface area contributed by atoms with Crippen LogP contribution in [0.3, 0.4) is 0 Å². The van der Waals surface area contributed by atoms with Gasteiger partial charge >= 0.3 is 0 Å². The fourth-order valence-corrected chi connectivity index (χ4v) is 2.91. The highest BCUT2D eigenvalue weighted by atomic mass is 16.5. The molecule has 1 aliphatic heterocycles. The first kappa shape index (κ1) is 15.3. The summed E-state index contributed by atoms with van der Waals surface area (Å²) < 4.78 is 5.49. The van der Waals surface area contributed by atoms with Gasteiger partial charge < -0.3 is 15.4 Å². The van der Waals surface area contributed by atoms with E-state index in [4.69, 9.17) is 4.74 Å². The fourth-order valence-electron chi connectivity index (χ4n) is 2.91. The molecule has 112 valence electrons. The minimum Gasteiger partial charge on any atom is -0.367 e. The Morgan fingerprint density at radius 1 is 1.40 bits per heavy atom. The molecule has 2 aliphatic rings. The number of carbonyl (C=O) groups is 1. The molecule has 0 aromatic rings. The molecule has 20 heavy (non-hydrogen) atoms. The van der Waals surface area contributed by atoms with Crippen LogP contribution in [0, 0.1) is 5.92 Å². The Labute approximate surface area is 121 Å². The lowest BCUT2D eigenvalue weighted by Gasteiger charge is -2.23. The van der Waals surface area contributed by atoms with Crippen LogP contribution in [0.1, 0.15) is 33.1 Å². The number of hydrogen-bond acceptors (Lipinski definition) is 3. The van der Waals surface area contributed by atoms with Crippen molar-refractivity contribution in [2.45, 2.75) is 38.6 Å². The van der Waals surface area contributed by atoms with E-state index < -0.39 is 0 Å². The molecule has 0 radical (unpaired) electrons. The Balaban J connectivity index is 1.70. The summed E-state index contributed by atoms with van der Waals surface area (Å²) in [5, 5.41) is 6.57. The molecule has 0 aromatic heterocycles. The lowest BCUT2D eigenvalue weighted by Crippen LogP contribution is -2.45. The number of carbonyl (C=O) groups excluding carboxylic acids is 1. The Hall–Kier alpha value is -1.13. The van der Waals surface area contributed by atoms with E-state index >= 15 is 0 Å². The van der Waals surface area contributed by atoms with Gasteiger partial charge in [0.15, 0.2) is 0 Å². The summed E-state index contributed by atoms with van der Waals surface area (Å²) >= 11 is 0. The number of rotatable bonds is 7. The van der Waals surface area contributed by atoms with Crippen LogP contribution < -0.4 is 10.6 Å². The molecule has 0 aromatic carbocycles. The van der Waals surface area contributed by atoms with Gasteiger partial charge in [-0.25, -0.2) is 0 Å². The van der Waals surface area contributed by atoms with E-state index in [0.717, 1.165) is 31.5 Å². The lowest BCUT2D eigenvalue weighted by atomic mass is 9.96. The summed E-state index contributed by atoms with van der Waals surface area (Å²) in [5.74, 6) is 0.617. The summed E-state index contributed by atoms with van der Waals surface area (Å²) in [6.45, 7) is 6.70. The molecule has 1 unspecified atom stereocenters. The standard InChI is InChI=1S/C16H26N2O2/c1-3-5-13(4-2)11-20-12-15(19)18-16(7-8-16)14-6-9-17-10-14/h3-5,14,17H,6-12H2,1-2H3,(H,18,19)/b5-3-,13-4+. The Morgan fingerprint density at radius 3 is 2.75 bits per heavy atom. The molecule has 1 heterocycles. The van der Waals surface area contributed by atoms with Crippen LogP contribution in [-0.2, 0) is 9.53 Å². The summed E-state index contributed by atoms with van der Waals surface area (Å²) in [7, 11) is 0. The smallest absolute Gasteiger partial charge is 0.246 e. The van der Waals surface area contributed by atoms with Crippen LogP contribution in [0.4, 0.5) is 0 Å². The van der Waals surface area contributed by atoms with E-state index in [1.807, 2.05) is 32.1 Å². The minimum atomic E-state index is 0.0188. The predicted molar refractivity (Wildman–Crippen MR) is 80.5 cm³/mol. The second-order valence-electron chi connectivity index (χ2n) is 5.75. The van der Waals surface area contributed by atoms with Crippen LogP contribution in [0.25, 0.3) is 0 Å². The SMILES string of the molecule is C/C=C\C(=C/C)COCC(=O)NC1(C2CCNC2)CC1. The van der Waals surface area contributed by atoms with Gasteiger partial charge in [-0.2, -0.15) is 0 Å². The number of nitrogens with one attached hydrogen (secondary N) is 2. The molecular weight excluding hydrogens is 252 g/mol. The van der Waals surface area contributed by atoms with Crippen molar-refractivity contribution in [2.75, 3.05) is 26.3 Å². The van der Waals surface area contributed by atoms with Gasteiger partial charge in [0, 0.05) is 12.1 Å². The second kappa shape index (κ2) is 7.04. The topological polar surface area (TPSA) is 50.4 Å². The van der Waals surface area contributed by atoms with Crippen molar-refractivity contribution in [3.63, 3.8) is 0 Å². The van der Waals surface area contributed by atoms with Crippen LogP contribution in [0.5, 0.6) is 0 Å². The molecule has 1 saturated carbocycles. The van der Waals surface area contributed by atoms with Crippen LogP contribution in [0.15, 0.2) is 23.8 Å². The maximum absolute atomic E-state index is 12.0. The number of amides is 1. The zero-order valence-corrected chi connectivity index (χ0v) is 12.6. The largest absolute Gasteiger partial charge is 0.367 e. The van der Waals surface area contributed by atoms with E-state index in [9.17, 15) is 4.79 Å². The second-order valence-corrected chi connectivity index (χ2v) is 5.75. The number of allylic oxidation sites excluding steroid dienone is 2. The monoisotopic (exact) mass is 278 g/mol. The molecule has 1 amide bonds. The van der Waals surface area contributed by atoms with Gasteiger partial charge in [0.05, 0.1) is 6.61 Å². The van der Waals surface area contributed by atoms with Crippen molar-refractivity contribution in [3.05, 3.63) is 23.8 Å². The van der Waals surface area contributed by atoms with Crippen molar-refractivity contribution in [1.29, 1.82) is 0 Å². The van der Waals surface area contributed by atoms with Crippen molar-refractivity contribution >= 4 is 5.91 Å². The molecule has 2 N–H and O–H groups in total. The zero-order valence-electron chi connectivity index (χ0n) is 12.6. The fraction of sp³-hybridized carbons (Fsp3) is 0.688. The van der Waals surface area contributed by atoms with E-state index in [1.54, 1.807) is 0 Å². The van der Waals surface area contributed by atoms with Crippen molar-refractivity contribution in [3.8, 4) is 0 Å². The summed E-state index contributed by atoms with van der Waals surface area (Å²) in [6, 6.07) is 0.